The number of nitrogens with zero attached hydrogens (tertiary/aromatic N) is 2. The second-order valence-corrected chi connectivity index (χ2v) is 7.65. The number of carbonyl (C=O) groups excluding carboxylic acids is 1. The van der Waals surface area contributed by atoms with E-state index in [2.05, 4.69) is 26.6 Å². The lowest BCUT2D eigenvalue weighted by atomic mass is 9.67. The molecule has 1 aromatic rings. The lowest BCUT2D eigenvalue weighted by Crippen LogP contribution is -2.53. The average Bonchev–Trinajstić information content (AvgIpc) is 3.08. The number of amides is 1. The average molecular weight is 401 g/mol. The number of nitrogens with one attached hydrogen (secondary N) is 2. The van der Waals surface area contributed by atoms with Crippen molar-refractivity contribution in [3.05, 3.63) is 24.4 Å². The zero-order chi connectivity index (χ0) is 16.4. The van der Waals surface area contributed by atoms with Crippen molar-refractivity contribution in [1.82, 2.24) is 15.6 Å². The number of aromatic nitrogens is 1. The van der Waals surface area contributed by atoms with Gasteiger partial charge in [0.2, 0.25) is 5.91 Å². The van der Waals surface area contributed by atoms with Gasteiger partial charge in [-0.05, 0) is 50.3 Å². The highest BCUT2D eigenvalue weighted by atomic mass is 35.5. The van der Waals surface area contributed by atoms with Gasteiger partial charge in [-0.3, -0.25) is 4.79 Å². The second kappa shape index (κ2) is 9.25. The molecule has 0 bridgehead atoms. The number of pyridine rings is 1. The third-order valence-electron chi connectivity index (χ3n) is 6.29. The van der Waals surface area contributed by atoms with Gasteiger partial charge in [0.25, 0.3) is 0 Å². The summed E-state index contributed by atoms with van der Waals surface area (Å²) in [4.78, 5) is 19.8. The van der Waals surface area contributed by atoms with Crippen LogP contribution in [0.2, 0.25) is 0 Å². The lowest BCUT2D eigenvalue weighted by Gasteiger charge is -2.40. The van der Waals surface area contributed by atoms with Gasteiger partial charge in [0.05, 0.1) is 5.41 Å². The summed E-state index contributed by atoms with van der Waals surface area (Å²) in [7, 11) is 0. The van der Waals surface area contributed by atoms with Crippen molar-refractivity contribution in [1.29, 1.82) is 0 Å². The van der Waals surface area contributed by atoms with E-state index >= 15 is 0 Å². The Hall–Kier alpha value is -1.04. The molecule has 26 heavy (non-hydrogen) atoms. The number of anilines is 1. The van der Waals surface area contributed by atoms with Crippen LogP contribution >= 0.6 is 24.8 Å². The molecule has 0 aromatic carbocycles. The third kappa shape index (κ3) is 4.10. The molecule has 146 valence electrons. The molecule has 5 nitrogen and oxygen atoms in total. The fourth-order valence-corrected chi connectivity index (χ4v) is 4.81. The molecule has 2 N–H and O–H groups in total. The first kappa shape index (κ1) is 21.3. The Labute approximate surface area is 168 Å². The molecule has 1 aromatic heterocycles. The summed E-state index contributed by atoms with van der Waals surface area (Å²) in [6.45, 7) is 3.83. The van der Waals surface area contributed by atoms with Gasteiger partial charge in [-0.25, -0.2) is 4.98 Å². The Bertz CT molecular complexity index is 580. The summed E-state index contributed by atoms with van der Waals surface area (Å²) in [6, 6.07) is 6.36. The Kier molecular flexibility index (Phi) is 7.56. The topological polar surface area (TPSA) is 57.3 Å². The molecule has 0 unspecified atom stereocenters. The van der Waals surface area contributed by atoms with E-state index in [4.69, 9.17) is 0 Å². The molecule has 4 rings (SSSR count). The SMILES string of the molecule is Cl.Cl.O=C(NC1CCN(c2ccccn2)CC1)[C@@]12CCCC[C@H]1CNC2. The van der Waals surface area contributed by atoms with Crippen molar-refractivity contribution in [2.75, 3.05) is 31.1 Å². The van der Waals surface area contributed by atoms with Crippen molar-refractivity contribution < 1.29 is 4.79 Å². The van der Waals surface area contributed by atoms with Crippen LogP contribution < -0.4 is 15.5 Å². The normalized spacial score (nSPS) is 28.5. The molecule has 2 saturated heterocycles. The molecule has 1 aliphatic carbocycles. The van der Waals surface area contributed by atoms with Crippen molar-refractivity contribution >= 4 is 36.5 Å². The number of hydrogen-bond acceptors (Lipinski definition) is 4. The number of carbonyl (C=O) groups is 1. The van der Waals surface area contributed by atoms with Gasteiger partial charge in [-0.15, -0.1) is 24.8 Å². The first-order valence-electron chi connectivity index (χ1n) is 9.46. The van der Waals surface area contributed by atoms with Crippen LogP contribution in [0, 0.1) is 11.3 Å². The molecule has 0 radical (unpaired) electrons. The van der Waals surface area contributed by atoms with Crippen LogP contribution in [0.15, 0.2) is 24.4 Å². The fourth-order valence-electron chi connectivity index (χ4n) is 4.81. The van der Waals surface area contributed by atoms with Crippen LogP contribution in [0.1, 0.15) is 38.5 Å². The monoisotopic (exact) mass is 400 g/mol. The zero-order valence-corrected chi connectivity index (χ0v) is 16.8. The molecule has 3 aliphatic rings. The minimum atomic E-state index is -0.129. The number of rotatable bonds is 3. The lowest BCUT2D eigenvalue weighted by molar-refractivity contribution is -0.134. The summed E-state index contributed by atoms with van der Waals surface area (Å²) < 4.78 is 0. The summed E-state index contributed by atoms with van der Waals surface area (Å²) in [5.41, 5.74) is -0.129. The van der Waals surface area contributed by atoms with E-state index < -0.39 is 0 Å². The predicted octanol–water partition coefficient (Wildman–Crippen LogP) is 2.79. The second-order valence-electron chi connectivity index (χ2n) is 7.65. The van der Waals surface area contributed by atoms with Gasteiger partial charge >= 0.3 is 0 Å². The van der Waals surface area contributed by atoms with E-state index in [1.54, 1.807) is 0 Å². The Morgan fingerprint density at radius 2 is 2.00 bits per heavy atom. The Balaban J connectivity index is 0.00000121. The van der Waals surface area contributed by atoms with Crippen LogP contribution in [0.25, 0.3) is 0 Å². The van der Waals surface area contributed by atoms with Gasteiger partial charge in [-0.2, -0.15) is 0 Å². The first-order valence-corrected chi connectivity index (χ1v) is 9.46. The van der Waals surface area contributed by atoms with Gasteiger partial charge < -0.3 is 15.5 Å². The van der Waals surface area contributed by atoms with Crippen molar-refractivity contribution in [2.45, 2.75) is 44.6 Å². The van der Waals surface area contributed by atoms with Gasteiger partial charge in [0.1, 0.15) is 5.82 Å². The van der Waals surface area contributed by atoms with E-state index in [-0.39, 0.29) is 30.2 Å². The Morgan fingerprint density at radius 3 is 2.73 bits per heavy atom. The molecule has 7 heteroatoms. The van der Waals surface area contributed by atoms with Crippen LogP contribution in [-0.2, 0) is 4.79 Å². The Morgan fingerprint density at radius 1 is 1.19 bits per heavy atom. The quantitative estimate of drug-likeness (QED) is 0.818. The van der Waals surface area contributed by atoms with E-state index in [1.165, 1.54) is 19.3 Å². The molecular weight excluding hydrogens is 371 g/mol. The highest BCUT2D eigenvalue weighted by Gasteiger charge is 2.50. The van der Waals surface area contributed by atoms with Crippen molar-refractivity contribution in [3.8, 4) is 0 Å². The van der Waals surface area contributed by atoms with Crippen LogP contribution in [0.3, 0.4) is 0 Å². The zero-order valence-electron chi connectivity index (χ0n) is 15.2. The maximum Gasteiger partial charge on any atom is 0.228 e. The maximum absolute atomic E-state index is 13.0. The van der Waals surface area contributed by atoms with Gasteiger partial charge in [-0.1, -0.05) is 18.9 Å². The summed E-state index contributed by atoms with van der Waals surface area (Å²) in [5, 5.41) is 6.87. The molecule has 1 amide bonds. The smallest absolute Gasteiger partial charge is 0.228 e. The molecule has 0 spiro atoms. The number of fused-ring (bicyclic) bond motifs is 1. The molecule has 2 atom stereocenters. The molecule has 3 heterocycles. The van der Waals surface area contributed by atoms with Crippen LogP contribution in [0.5, 0.6) is 0 Å². The summed E-state index contributed by atoms with van der Waals surface area (Å²) in [5.74, 6) is 1.90. The minimum Gasteiger partial charge on any atom is -0.356 e. The number of piperidine rings is 1. The van der Waals surface area contributed by atoms with Crippen LogP contribution in [0.4, 0.5) is 5.82 Å². The third-order valence-corrected chi connectivity index (χ3v) is 6.29. The predicted molar refractivity (Wildman–Crippen MR) is 109 cm³/mol. The van der Waals surface area contributed by atoms with E-state index in [0.717, 1.165) is 51.3 Å². The molecule has 3 fully saturated rings. The van der Waals surface area contributed by atoms with Gasteiger partial charge in [0, 0.05) is 31.9 Å². The molecule has 1 saturated carbocycles. The summed E-state index contributed by atoms with van der Waals surface area (Å²) in [6.07, 6.45) is 8.61. The van der Waals surface area contributed by atoms with Crippen molar-refractivity contribution in [3.63, 3.8) is 0 Å². The first-order chi connectivity index (χ1) is 11.8. The van der Waals surface area contributed by atoms with E-state index in [1.807, 2.05) is 18.3 Å². The van der Waals surface area contributed by atoms with Crippen molar-refractivity contribution in [2.24, 2.45) is 11.3 Å². The number of halogens is 2. The maximum atomic E-state index is 13.0. The molecule has 2 aliphatic heterocycles. The highest BCUT2D eigenvalue weighted by molar-refractivity contribution is 5.85. The minimum absolute atomic E-state index is 0. The highest BCUT2D eigenvalue weighted by Crippen LogP contribution is 2.44. The summed E-state index contributed by atoms with van der Waals surface area (Å²) >= 11 is 0. The fraction of sp³-hybridized carbons (Fsp3) is 0.684. The van der Waals surface area contributed by atoms with Crippen LogP contribution in [-0.4, -0.2) is 43.1 Å². The van der Waals surface area contributed by atoms with E-state index in [9.17, 15) is 4.79 Å². The number of hydrogen-bond donors (Lipinski definition) is 2. The largest absolute Gasteiger partial charge is 0.356 e. The van der Waals surface area contributed by atoms with Gasteiger partial charge in [0.15, 0.2) is 0 Å². The van der Waals surface area contributed by atoms with E-state index in [0.29, 0.717) is 17.9 Å². The molecular formula is C19H30Cl2N4O. The standard InChI is InChI=1S/C19H28N4O.2ClH/c24-18(19-9-3-1-5-15(19)13-20-14-19)22-16-7-11-23(12-8-16)17-6-2-4-10-21-17;;/h2,4,6,10,15-16,20H,1,3,5,7-9,11-14H2,(H,22,24);2*1H/t15-,19+;;/m0../s1.